The smallest absolute Gasteiger partial charge is 0.0276 e. The molecule has 0 aliphatic heterocycles. The summed E-state index contributed by atoms with van der Waals surface area (Å²) in [5.74, 6) is 2.00. The molecule has 0 amide bonds. The fourth-order valence-corrected chi connectivity index (χ4v) is 2.10. The van der Waals surface area contributed by atoms with E-state index in [2.05, 4.69) is 37.3 Å². The van der Waals surface area contributed by atoms with Gasteiger partial charge in [0.1, 0.15) is 0 Å². The van der Waals surface area contributed by atoms with E-state index < -0.39 is 0 Å². The molecule has 0 spiro atoms. The minimum atomic E-state index is 0.919. The Hall–Kier alpha value is -0.780. The molecular formula is C14H20. The summed E-state index contributed by atoms with van der Waals surface area (Å²) in [6.45, 7) is 2.40. The quantitative estimate of drug-likeness (QED) is 0.653. The van der Waals surface area contributed by atoms with Crippen molar-refractivity contribution in [2.24, 2.45) is 11.8 Å². The molecule has 1 unspecified atom stereocenters. The highest BCUT2D eigenvalue weighted by Gasteiger charge is 2.23. The molecule has 0 aromatic heterocycles. The van der Waals surface area contributed by atoms with Crippen LogP contribution in [0.25, 0.3) is 0 Å². The van der Waals surface area contributed by atoms with Gasteiger partial charge in [-0.1, -0.05) is 50.1 Å². The van der Waals surface area contributed by atoms with Gasteiger partial charge in [0.2, 0.25) is 0 Å². The number of aryl methyl sites for hydroxylation is 1. The molecule has 1 saturated carbocycles. The van der Waals surface area contributed by atoms with Gasteiger partial charge in [0.25, 0.3) is 0 Å². The summed E-state index contributed by atoms with van der Waals surface area (Å²) in [6.07, 6.45) is 7.08. The summed E-state index contributed by atoms with van der Waals surface area (Å²) in [6, 6.07) is 10.9. The summed E-state index contributed by atoms with van der Waals surface area (Å²) >= 11 is 0. The van der Waals surface area contributed by atoms with E-state index in [0.29, 0.717) is 0 Å². The minimum Gasteiger partial charge on any atom is -0.0625 e. The molecule has 1 aromatic carbocycles. The Bertz CT molecular complexity index is 259. The molecule has 0 heteroatoms. The molecule has 1 fully saturated rings. The van der Waals surface area contributed by atoms with Crippen LogP contribution in [0, 0.1) is 11.8 Å². The van der Waals surface area contributed by atoms with Gasteiger partial charge in [0.05, 0.1) is 0 Å². The van der Waals surface area contributed by atoms with Crippen molar-refractivity contribution in [2.75, 3.05) is 0 Å². The Kier molecular flexibility index (Phi) is 3.23. The minimum absolute atomic E-state index is 0.919. The molecule has 1 aliphatic rings. The third-order valence-corrected chi connectivity index (χ3v) is 3.20. The van der Waals surface area contributed by atoms with Crippen LogP contribution in [0.15, 0.2) is 30.3 Å². The van der Waals surface area contributed by atoms with Crippen LogP contribution in [-0.4, -0.2) is 0 Å². The standard InChI is InChI=1S/C14H20/c1-12(11-14-9-10-14)7-8-13-5-3-2-4-6-13/h2-6,12,14H,7-11H2,1H3. The second kappa shape index (κ2) is 4.63. The SMILES string of the molecule is CC(CCc1ccccc1)CC1CC1. The summed E-state index contributed by atoms with van der Waals surface area (Å²) < 4.78 is 0. The lowest BCUT2D eigenvalue weighted by molar-refractivity contribution is 0.463. The third-order valence-electron chi connectivity index (χ3n) is 3.20. The monoisotopic (exact) mass is 188 g/mol. The Morgan fingerprint density at radius 2 is 1.93 bits per heavy atom. The Morgan fingerprint density at radius 3 is 2.57 bits per heavy atom. The zero-order valence-electron chi connectivity index (χ0n) is 9.08. The van der Waals surface area contributed by atoms with Crippen molar-refractivity contribution >= 4 is 0 Å². The van der Waals surface area contributed by atoms with Crippen molar-refractivity contribution in [3.05, 3.63) is 35.9 Å². The van der Waals surface area contributed by atoms with Crippen molar-refractivity contribution in [1.29, 1.82) is 0 Å². The van der Waals surface area contributed by atoms with E-state index in [1.165, 1.54) is 37.7 Å². The number of hydrogen-bond donors (Lipinski definition) is 0. The molecule has 0 heterocycles. The predicted molar refractivity (Wildman–Crippen MR) is 61.3 cm³/mol. The molecule has 0 radical (unpaired) electrons. The topological polar surface area (TPSA) is 0 Å². The molecule has 76 valence electrons. The zero-order valence-corrected chi connectivity index (χ0v) is 9.08. The predicted octanol–water partition coefficient (Wildman–Crippen LogP) is 4.06. The maximum atomic E-state index is 2.40. The first-order valence-corrected chi connectivity index (χ1v) is 5.88. The Balaban J connectivity index is 1.70. The molecule has 1 aromatic rings. The molecule has 2 rings (SSSR count). The van der Waals surface area contributed by atoms with Crippen molar-refractivity contribution in [3.63, 3.8) is 0 Å². The van der Waals surface area contributed by atoms with E-state index in [0.717, 1.165) is 11.8 Å². The lowest BCUT2D eigenvalue weighted by Gasteiger charge is -2.09. The number of hydrogen-bond acceptors (Lipinski definition) is 0. The van der Waals surface area contributed by atoms with Crippen molar-refractivity contribution < 1.29 is 0 Å². The van der Waals surface area contributed by atoms with Crippen LogP contribution in [0.5, 0.6) is 0 Å². The summed E-state index contributed by atoms with van der Waals surface area (Å²) in [5.41, 5.74) is 1.50. The van der Waals surface area contributed by atoms with E-state index in [9.17, 15) is 0 Å². The first-order valence-electron chi connectivity index (χ1n) is 5.88. The van der Waals surface area contributed by atoms with Crippen LogP contribution in [-0.2, 0) is 6.42 Å². The van der Waals surface area contributed by atoms with E-state index in [4.69, 9.17) is 0 Å². The van der Waals surface area contributed by atoms with E-state index >= 15 is 0 Å². The second-order valence-corrected chi connectivity index (χ2v) is 4.81. The normalized spacial score (nSPS) is 18.1. The van der Waals surface area contributed by atoms with Gasteiger partial charge in [-0.15, -0.1) is 0 Å². The molecule has 0 bridgehead atoms. The van der Waals surface area contributed by atoms with Crippen LogP contribution in [0.1, 0.15) is 38.2 Å². The maximum absolute atomic E-state index is 2.40. The van der Waals surface area contributed by atoms with Crippen LogP contribution >= 0.6 is 0 Å². The van der Waals surface area contributed by atoms with Crippen molar-refractivity contribution in [3.8, 4) is 0 Å². The van der Waals surface area contributed by atoms with Gasteiger partial charge in [0.15, 0.2) is 0 Å². The van der Waals surface area contributed by atoms with Crippen molar-refractivity contribution in [2.45, 2.75) is 39.0 Å². The molecule has 14 heavy (non-hydrogen) atoms. The summed E-state index contributed by atoms with van der Waals surface area (Å²) in [5, 5.41) is 0. The number of benzene rings is 1. The van der Waals surface area contributed by atoms with Gasteiger partial charge < -0.3 is 0 Å². The maximum Gasteiger partial charge on any atom is -0.0276 e. The highest BCUT2D eigenvalue weighted by molar-refractivity contribution is 5.14. The fourth-order valence-electron chi connectivity index (χ4n) is 2.10. The second-order valence-electron chi connectivity index (χ2n) is 4.81. The van der Waals surface area contributed by atoms with Crippen molar-refractivity contribution in [1.82, 2.24) is 0 Å². The summed E-state index contributed by atoms with van der Waals surface area (Å²) in [4.78, 5) is 0. The Labute approximate surface area is 87.3 Å². The van der Waals surface area contributed by atoms with E-state index in [-0.39, 0.29) is 0 Å². The van der Waals surface area contributed by atoms with Crippen LogP contribution in [0.2, 0.25) is 0 Å². The molecular weight excluding hydrogens is 168 g/mol. The van der Waals surface area contributed by atoms with E-state index in [1.807, 2.05) is 0 Å². The van der Waals surface area contributed by atoms with Crippen LogP contribution in [0.4, 0.5) is 0 Å². The summed E-state index contributed by atoms with van der Waals surface area (Å²) in [7, 11) is 0. The average molecular weight is 188 g/mol. The largest absolute Gasteiger partial charge is 0.0625 e. The third kappa shape index (κ3) is 3.17. The molecule has 0 saturated heterocycles. The fraction of sp³-hybridized carbons (Fsp3) is 0.571. The first kappa shape index (κ1) is 9.76. The van der Waals surface area contributed by atoms with Gasteiger partial charge in [-0.2, -0.15) is 0 Å². The van der Waals surface area contributed by atoms with Crippen LogP contribution in [0.3, 0.4) is 0 Å². The van der Waals surface area contributed by atoms with Gasteiger partial charge in [-0.05, 0) is 36.7 Å². The molecule has 1 atom stereocenters. The van der Waals surface area contributed by atoms with Gasteiger partial charge in [-0.25, -0.2) is 0 Å². The van der Waals surface area contributed by atoms with Gasteiger partial charge in [0, 0.05) is 0 Å². The van der Waals surface area contributed by atoms with Gasteiger partial charge in [-0.3, -0.25) is 0 Å². The molecule has 0 N–H and O–H groups in total. The van der Waals surface area contributed by atoms with Gasteiger partial charge >= 0.3 is 0 Å². The first-order chi connectivity index (χ1) is 6.84. The lowest BCUT2D eigenvalue weighted by Crippen LogP contribution is -1.98. The highest BCUT2D eigenvalue weighted by Crippen LogP contribution is 2.36. The molecule has 1 aliphatic carbocycles. The van der Waals surface area contributed by atoms with E-state index in [1.54, 1.807) is 0 Å². The highest BCUT2D eigenvalue weighted by atomic mass is 14.3. The zero-order chi connectivity index (χ0) is 9.80. The average Bonchev–Trinajstić information content (AvgIpc) is 3.00. The Morgan fingerprint density at radius 1 is 1.21 bits per heavy atom. The lowest BCUT2D eigenvalue weighted by atomic mass is 9.96. The molecule has 0 nitrogen and oxygen atoms in total. The van der Waals surface area contributed by atoms with Crippen LogP contribution < -0.4 is 0 Å². The number of rotatable bonds is 5.